The van der Waals surface area contributed by atoms with E-state index in [0.717, 1.165) is 11.1 Å². The highest BCUT2D eigenvalue weighted by atomic mass is 35.5. The molecule has 4 N–H and O–H groups in total. The van der Waals surface area contributed by atoms with Gasteiger partial charge in [-0.05, 0) is 50.1 Å². The van der Waals surface area contributed by atoms with Crippen molar-refractivity contribution in [1.29, 1.82) is 0 Å². The molecule has 0 aliphatic carbocycles. The molecule has 0 aliphatic heterocycles. The summed E-state index contributed by atoms with van der Waals surface area (Å²) < 4.78 is 11.2. The number of halogens is 1. The second-order valence-corrected chi connectivity index (χ2v) is 7.19. The Morgan fingerprint density at radius 2 is 1.89 bits per heavy atom. The summed E-state index contributed by atoms with van der Waals surface area (Å²) in [6.45, 7) is 5.70. The fraction of sp³-hybridized carbons (Fsp3) is 0.238. The van der Waals surface area contributed by atoms with Crippen molar-refractivity contribution >= 4 is 17.5 Å². The average Bonchev–Trinajstić information content (AvgIpc) is 3.08. The average molecular weight is 400 g/mol. The Balaban J connectivity index is 2.20. The first kappa shape index (κ1) is 19.9. The molecule has 0 bridgehead atoms. The zero-order valence-electron chi connectivity index (χ0n) is 15.9. The number of carbonyl (C=O) groups is 1. The molecule has 3 rings (SSSR count). The molecule has 1 aromatic heterocycles. The fourth-order valence-electron chi connectivity index (χ4n) is 3.02. The maximum absolute atomic E-state index is 12.0. The third-order valence-electron chi connectivity index (χ3n) is 4.20. The largest absolute Gasteiger partial charge is 0.489 e. The Bertz CT molecular complexity index is 1010. The number of carbonyl (C=O) groups excluding carboxylic acids is 1. The maximum atomic E-state index is 12.0. The smallest absolute Gasteiger partial charge is 0.271 e. The molecule has 7 heteroatoms. The van der Waals surface area contributed by atoms with Crippen LogP contribution in [-0.4, -0.2) is 17.2 Å². The zero-order chi connectivity index (χ0) is 20.4. The molecule has 28 heavy (non-hydrogen) atoms. The normalized spacial score (nSPS) is 12.2. The predicted octanol–water partition coefficient (Wildman–Crippen LogP) is 4.57. The number of nitrogens with zero attached hydrogens (tertiary/aromatic N) is 1. The van der Waals surface area contributed by atoms with Crippen LogP contribution in [0.25, 0.3) is 22.5 Å². The number of benzene rings is 2. The molecular weight excluding hydrogens is 378 g/mol. The van der Waals surface area contributed by atoms with Gasteiger partial charge < -0.3 is 20.7 Å². The van der Waals surface area contributed by atoms with Gasteiger partial charge >= 0.3 is 0 Å². The number of aromatic nitrogens is 1. The summed E-state index contributed by atoms with van der Waals surface area (Å²) >= 11 is 6.37. The van der Waals surface area contributed by atoms with E-state index in [9.17, 15) is 4.79 Å². The van der Waals surface area contributed by atoms with Gasteiger partial charge in [0.15, 0.2) is 11.5 Å². The predicted molar refractivity (Wildman–Crippen MR) is 109 cm³/mol. The summed E-state index contributed by atoms with van der Waals surface area (Å²) in [6.07, 6.45) is -0.0106. The molecule has 3 aromatic rings. The first-order chi connectivity index (χ1) is 13.3. The first-order valence-electron chi connectivity index (χ1n) is 8.90. The summed E-state index contributed by atoms with van der Waals surface area (Å²) in [7, 11) is 0. The van der Waals surface area contributed by atoms with Gasteiger partial charge in [0, 0.05) is 11.6 Å². The number of rotatable bonds is 6. The van der Waals surface area contributed by atoms with Gasteiger partial charge in [0.1, 0.15) is 5.75 Å². The van der Waals surface area contributed by atoms with Crippen LogP contribution in [-0.2, 0) is 0 Å². The lowest BCUT2D eigenvalue weighted by Crippen LogP contribution is -2.13. The summed E-state index contributed by atoms with van der Waals surface area (Å²) in [5.41, 5.74) is 14.4. The molecular formula is C21H22ClN3O3. The molecule has 0 fully saturated rings. The van der Waals surface area contributed by atoms with E-state index in [2.05, 4.69) is 5.16 Å². The second kappa shape index (κ2) is 8.04. The first-order valence-corrected chi connectivity index (χ1v) is 9.28. The molecule has 0 radical (unpaired) electrons. The number of hydrogen-bond acceptors (Lipinski definition) is 5. The molecule has 0 spiro atoms. The third kappa shape index (κ3) is 3.88. The summed E-state index contributed by atoms with van der Waals surface area (Å²) in [6, 6.07) is 12.5. The molecule has 146 valence electrons. The van der Waals surface area contributed by atoms with Gasteiger partial charge in [-0.2, -0.15) is 0 Å². The lowest BCUT2D eigenvalue weighted by molar-refractivity contribution is 0.0992. The van der Waals surface area contributed by atoms with E-state index in [1.807, 2.05) is 45.0 Å². The highest BCUT2D eigenvalue weighted by Gasteiger charge is 2.25. The minimum absolute atomic E-state index is 0.0106. The molecule has 1 amide bonds. The van der Waals surface area contributed by atoms with E-state index < -0.39 is 5.91 Å². The van der Waals surface area contributed by atoms with Crippen molar-refractivity contribution in [3.05, 3.63) is 58.7 Å². The Labute approximate surface area is 168 Å². The minimum Gasteiger partial charge on any atom is -0.489 e. The van der Waals surface area contributed by atoms with E-state index in [0.29, 0.717) is 27.7 Å². The van der Waals surface area contributed by atoms with Crippen molar-refractivity contribution in [3.63, 3.8) is 0 Å². The van der Waals surface area contributed by atoms with E-state index >= 15 is 0 Å². The van der Waals surface area contributed by atoms with Crippen LogP contribution in [0.15, 0.2) is 47.0 Å². The standard InChI is InChI=1S/C21H22ClN3O3/c1-11(2)27-17-9-8-13(10-16(17)22)20-18(19(21(24)26)25-28-20)15-7-5-4-6-14(15)12(3)23/h4-12H,23H2,1-3H3,(H2,24,26). The lowest BCUT2D eigenvalue weighted by Gasteiger charge is -2.14. The molecule has 1 heterocycles. The van der Waals surface area contributed by atoms with Gasteiger partial charge in [-0.1, -0.05) is 41.0 Å². The molecule has 0 saturated heterocycles. The van der Waals surface area contributed by atoms with Crippen molar-refractivity contribution in [2.75, 3.05) is 0 Å². The maximum Gasteiger partial charge on any atom is 0.271 e. The number of hydrogen-bond donors (Lipinski definition) is 2. The van der Waals surface area contributed by atoms with Crippen molar-refractivity contribution in [3.8, 4) is 28.2 Å². The van der Waals surface area contributed by atoms with E-state index in [-0.39, 0.29) is 17.8 Å². The van der Waals surface area contributed by atoms with Gasteiger partial charge in [0.2, 0.25) is 0 Å². The van der Waals surface area contributed by atoms with Crippen LogP contribution in [0, 0.1) is 0 Å². The molecule has 6 nitrogen and oxygen atoms in total. The lowest BCUT2D eigenvalue weighted by atomic mass is 9.92. The highest BCUT2D eigenvalue weighted by molar-refractivity contribution is 6.32. The van der Waals surface area contributed by atoms with Crippen molar-refractivity contribution < 1.29 is 14.1 Å². The van der Waals surface area contributed by atoms with Gasteiger partial charge in [-0.15, -0.1) is 0 Å². The third-order valence-corrected chi connectivity index (χ3v) is 4.50. The van der Waals surface area contributed by atoms with Crippen LogP contribution >= 0.6 is 11.6 Å². The molecule has 0 aliphatic rings. The van der Waals surface area contributed by atoms with Crippen LogP contribution in [0.4, 0.5) is 0 Å². The molecule has 1 atom stereocenters. The van der Waals surface area contributed by atoms with Crippen LogP contribution in [0.5, 0.6) is 5.75 Å². The second-order valence-electron chi connectivity index (χ2n) is 6.79. The van der Waals surface area contributed by atoms with Gasteiger partial charge in [0.25, 0.3) is 5.91 Å². The Hall–Kier alpha value is -2.83. The van der Waals surface area contributed by atoms with Crippen molar-refractivity contribution in [2.24, 2.45) is 11.5 Å². The summed E-state index contributed by atoms with van der Waals surface area (Å²) in [4.78, 5) is 12.0. The minimum atomic E-state index is -0.685. The van der Waals surface area contributed by atoms with E-state index in [1.165, 1.54) is 0 Å². The molecule has 0 saturated carbocycles. The van der Waals surface area contributed by atoms with Gasteiger partial charge in [-0.25, -0.2) is 0 Å². The SMILES string of the molecule is CC(C)Oc1ccc(-c2onc(C(N)=O)c2-c2ccccc2C(C)N)cc1Cl. The summed E-state index contributed by atoms with van der Waals surface area (Å²) in [5, 5.41) is 4.33. The fourth-order valence-corrected chi connectivity index (χ4v) is 3.24. The monoisotopic (exact) mass is 399 g/mol. The zero-order valence-corrected chi connectivity index (χ0v) is 16.7. The number of primary amides is 1. The van der Waals surface area contributed by atoms with E-state index in [4.69, 9.17) is 32.3 Å². The highest BCUT2D eigenvalue weighted by Crippen LogP contribution is 2.40. The van der Waals surface area contributed by atoms with Crippen molar-refractivity contribution in [2.45, 2.75) is 32.9 Å². The molecule has 2 aromatic carbocycles. The topological polar surface area (TPSA) is 104 Å². The number of ether oxygens (including phenoxy) is 1. The van der Waals surface area contributed by atoms with Gasteiger partial charge in [0.05, 0.1) is 16.7 Å². The van der Waals surface area contributed by atoms with Crippen LogP contribution in [0.1, 0.15) is 42.9 Å². The van der Waals surface area contributed by atoms with E-state index in [1.54, 1.807) is 18.2 Å². The van der Waals surface area contributed by atoms with Crippen LogP contribution < -0.4 is 16.2 Å². The van der Waals surface area contributed by atoms with Crippen molar-refractivity contribution in [1.82, 2.24) is 5.16 Å². The van der Waals surface area contributed by atoms with Crippen LogP contribution in [0.3, 0.4) is 0 Å². The Morgan fingerprint density at radius 1 is 1.18 bits per heavy atom. The Morgan fingerprint density at radius 3 is 2.50 bits per heavy atom. The van der Waals surface area contributed by atoms with Gasteiger partial charge in [-0.3, -0.25) is 4.79 Å². The number of amides is 1. The molecule has 1 unspecified atom stereocenters. The Kier molecular flexibility index (Phi) is 5.72. The quantitative estimate of drug-likeness (QED) is 0.631. The summed E-state index contributed by atoms with van der Waals surface area (Å²) in [5.74, 6) is 0.266. The number of nitrogens with two attached hydrogens (primary N) is 2. The van der Waals surface area contributed by atoms with Crippen LogP contribution in [0.2, 0.25) is 5.02 Å².